The van der Waals surface area contributed by atoms with Crippen molar-refractivity contribution in [1.29, 1.82) is 0 Å². The summed E-state index contributed by atoms with van der Waals surface area (Å²) in [6.45, 7) is 2.97. The van der Waals surface area contributed by atoms with Crippen LogP contribution in [0.25, 0.3) is 5.82 Å². The first kappa shape index (κ1) is 20.8. The van der Waals surface area contributed by atoms with E-state index >= 15 is 0 Å². The van der Waals surface area contributed by atoms with Crippen LogP contribution in [-0.2, 0) is 19.5 Å². The molecule has 1 amide bonds. The summed E-state index contributed by atoms with van der Waals surface area (Å²) < 4.78 is 28.8. The Kier molecular flexibility index (Phi) is 5.51. The molecule has 7 heteroatoms. The van der Waals surface area contributed by atoms with E-state index in [1.165, 1.54) is 21.7 Å². The Morgan fingerprint density at radius 1 is 1.00 bits per heavy atom. The van der Waals surface area contributed by atoms with E-state index in [0.717, 1.165) is 31.9 Å². The van der Waals surface area contributed by atoms with E-state index in [1.807, 2.05) is 18.3 Å². The molecule has 0 aliphatic carbocycles. The number of carbonyl (C=O) groups excluding carboxylic acids is 1. The number of pyridine rings is 1. The van der Waals surface area contributed by atoms with Gasteiger partial charge in [-0.15, -0.1) is 0 Å². The molecule has 0 N–H and O–H groups in total. The SMILES string of the molecule is O=C(c1ccc(-n2ccc3c2CCN(Cc2ccccc2)C3)nc1)N1CCC(F)(F)CC1. The number of likely N-dealkylation sites (tertiary alicyclic amines) is 1. The monoisotopic (exact) mass is 436 g/mol. The second-order valence-electron chi connectivity index (χ2n) is 8.66. The minimum absolute atomic E-state index is 0.0815. The smallest absolute Gasteiger partial charge is 0.255 e. The van der Waals surface area contributed by atoms with E-state index in [4.69, 9.17) is 0 Å². The maximum atomic E-state index is 13.4. The summed E-state index contributed by atoms with van der Waals surface area (Å²) in [5.74, 6) is -2.13. The highest BCUT2D eigenvalue weighted by molar-refractivity contribution is 5.94. The van der Waals surface area contributed by atoms with Crippen LogP contribution in [0.3, 0.4) is 0 Å². The molecule has 4 heterocycles. The van der Waals surface area contributed by atoms with Gasteiger partial charge in [0.2, 0.25) is 0 Å². The van der Waals surface area contributed by atoms with Gasteiger partial charge in [0.15, 0.2) is 0 Å². The van der Waals surface area contributed by atoms with Crippen molar-refractivity contribution in [3.63, 3.8) is 0 Å². The molecule has 166 valence electrons. The number of benzene rings is 1. The van der Waals surface area contributed by atoms with E-state index < -0.39 is 5.92 Å². The lowest BCUT2D eigenvalue weighted by Gasteiger charge is -2.31. The third-order valence-corrected chi connectivity index (χ3v) is 6.42. The summed E-state index contributed by atoms with van der Waals surface area (Å²) in [6.07, 6.45) is 3.97. The number of nitrogens with zero attached hydrogens (tertiary/aromatic N) is 4. The van der Waals surface area contributed by atoms with Gasteiger partial charge in [-0.3, -0.25) is 9.69 Å². The Morgan fingerprint density at radius 3 is 2.50 bits per heavy atom. The number of rotatable bonds is 4. The lowest BCUT2D eigenvalue weighted by molar-refractivity contribution is -0.0494. The lowest BCUT2D eigenvalue weighted by atomic mass is 10.1. The van der Waals surface area contributed by atoms with Crippen molar-refractivity contribution in [3.05, 3.63) is 83.3 Å². The molecule has 0 saturated carbocycles. The molecule has 1 fully saturated rings. The summed E-state index contributed by atoms with van der Waals surface area (Å²) in [7, 11) is 0. The second kappa shape index (κ2) is 8.47. The molecule has 0 unspecified atom stereocenters. The van der Waals surface area contributed by atoms with Crippen LogP contribution in [0.1, 0.15) is 40.0 Å². The summed E-state index contributed by atoms with van der Waals surface area (Å²) in [6, 6.07) is 16.2. The van der Waals surface area contributed by atoms with E-state index in [9.17, 15) is 13.6 Å². The molecule has 2 aromatic heterocycles. The van der Waals surface area contributed by atoms with Gasteiger partial charge in [-0.1, -0.05) is 30.3 Å². The molecule has 1 saturated heterocycles. The molecule has 32 heavy (non-hydrogen) atoms. The van der Waals surface area contributed by atoms with Gasteiger partial charge in [-0.2, -0.15) is 0 Å². The minimum atomic E-state index is -2.66. The van der Waals surface area contributed by atoms with Gasteiger partial charge in [0.25, 0.3) is 11.8 Å². The predicted molar refractivity (Wildman–Crippen MR) is 118 cm³/mol. The van der Waals surface area contributed by atoms with E-state index in [-0.39, 0.29) is 31.8 Å². The standard InChI is InChI=1S/C25H26F2N4O/c26-25(27)10-14-30(15-11-25)24(32)20-6-7-23(28-16-20)31-13-8-21-18-29(12-9-22(21)31)17-19-4-2-1-3-5-19/h1-8,13,16H,9-12,14-15,17-18H2. The summed E-state index contributed by atoms with van der Waals surface area (Å²) in [5.41, 5.74) is 4.30. The highest BCUT2D eigenvalue weighted by Gasteiger charge is 2.35. The average Bonchev–Trinajstić information content (AvgIpc) is 3.23. The third-order valence-electron chi connectivity index (χ3n) is 6.42. The number of piperidine rings is 1. The van der Waals surface area contributed by atoms with E-state index in [1.54, 1.807) is 12.3 Å². The zero-order valence-corrected chi connectivity index (χ0v) is 17.9. The Bertz CT molecular complexity index is 1080. The molecule has 3 aromatic rings. The number of hydrogen-bond acceptors (Lipinski definition) is 3. The van der Waals surface area contributed by atoms with Gasteiger partial charge in [0.1, 0.15) is 5.82 Å². The van der Waals surface area contributed by atoms with Gasteiger partial charge in [0.05, 0.1) is 5.56 Å². The number of halogens is 2. The van der Waals surface area contributed by atoms with Gasteiger partial charge in [-0.05, 0) is 29.3 Å². The topological polar surface area (TPSA) is 41.4 Å². The number of carbonyl (C=O) groups is 1. The summed E-state index contributed by atoms with van der Waals surface area (Å²) >= 11 is 0. The summed E-state index contributed by atoms with van der Waals surface area (Å²) in [5, 5.41) is 0. The highest BCUT2D eigenvalue weighted by Crippen LogP contribution is 2.28. The molecule has 5 rings (SSSR count). The molecule has 5 nitrogen and oxygen atoms in total. The van der Waals surface area contributed by atoms with Crippen LogP contribution in [0.15, 0.2) is 60.9 Å². The first-order valence-electron chi connectivity index (χ1n) is 11.1. The van der Waals surface area contributed by atoms with Gasteiger partial charge in [0, 0.05) is 70.1 Å². The van der Waals surface area contributed by atoms with Crippen molar-refractivity contribution in [1.82, 2.24) is 19.4 Å². The number of fused-ring (bicyclic) bond motifs is 1. The molecular formula is C25H26F2N4O. The Morgan fingerprint density at radius 2 is 1.78 bits per heavy atom. The van der Waals surface area contributed by atoms with Crippen molar-refractivity contribution in [2.75, 3.05) is 19.6 Å². The molecule has 0 bridgehead atoms. The largest absolute Gasteiger partial charge is 0.338 e. The van der Waals surface area contributed by atoms with Crippen molar-refractivity contribution in [2.24, 2.45) is 0 Å². The first-order valence-corrected chi connectivity index (χ1v) is 11.1. The first-order chi connectivity index (χ1) is 15.5. The zero-order chi connectivity index (χ0) is 22.1. The van der Waals surface area contributed by atoms with Crippen LogP contribution in [0.5, 0.6) is 0 Å². The Balaban J connectivity index is 1.26. The molecule has 2 aliphatic rings. The highest BCUT2D eigenvalue weighted by atomic mass is 19.3. The van der Waals surface area contributed by atoms with Crippen molar-refractivity contribution in [2.45, 2.75) is 38.3 Å². The molecule has 0 atom stereocenters. The fourth-order valence-electron chi connectivity index (χ4n) is 4.58. The average molecular weight is 437 g/mol. The van der Waals surface area contributed by atoms with Crippen molar-refractivity contribution in [3.8, 4) is 5.82 Å². The number of alkyl halides is 2. The van der Waals surface area contributed by atoms with E-state index in [2.05, 4.69) is 44.8 Å². The fourth-order valence-corrected chi connectivity index (χ4v) is 4.58. The second-order valence-corrected chi connectivity index (χ2v) is 8.66. The van der Waals surface area contributed by atoms with E-state index in [0.29, 0.717) is 5.56 Å². The maximum Gasteiger partial charge on any atom is 0.255 e. The van der Waals surface area contributed by atoms with Crippen LogP contribution in [0, 0.1) is 0 Å². The normalized spacial score (nSPS) is 18.4. The van der Waals surface area contributed by atoms with Crippen LogP contribution in [0.2, 0.25) is 0 Å². The van der Waals surface area contributed by atoms with Crippen LogP contribution in [0.4, 0.5) is 8.78 Å². The number of hydrogen-bond donors (Lipinski definition) is 0. The molecule has 1 aromatic carbocycles. The number of aromatic nitrogens is 2. The Labute approximate surface area is 186 Å². The minimum Gasteiger partial charge on any atom is -0.338 e. The van der Waals surface area contributed by atoms with Crippen molar-refractivity contribution < 1.29 is 13.6 Å². The molecule has 0 spiro atoms. The van der Waals surface area contributed by atoms with Crippen molar-refractivity contribution >= 4 is 5.91 Å². The fraction of sp³-hybridized carbons (Fsp3) is 0.360. The Hall–Kier alpha value is -3.06. The van der Waals surface area contributed by atoms with Gasteiger partial charge in [-0.25, -0.2) is 13.8 Å². The molecular weight excluding hydrogens is 410 g/mol. The maximum absolute atomic E-state index is 13.4. The summed E-state index contributed by atoms with van der Waals surface area (Å²) in [4.78, 5) is 21.1. The van der Waals surface area contributed by atoms with Gasteiger partial charge < -0.3 is 9.47 Å². The third kappa shape index (κ3) is 4.30. The molecule has 2 aliphatic heterocycles. The molecule has 0 radical (unpaired) electrons. The van der Waals surface area contributed by atoms with Crippen LogP contribution < -0.4 is 0 Å². The quantitative estimate of drug-likeness (QED) is 0.612. The predicted octanol–water partition coefficient (Wildman–Crippen LogP) is 4.30. The van der Waals surface area contributed by atoms with Gasteiger partial charge >= 0.3 is 0 Å². The lowest BCUT2D eigenvalue weighted by Crippen LogP contribution is -2.42. The zero-order valence-electron chi connectivity index (χ0n) is 17.9. The van der Waals surface area contributed by atoms with Crippen LogP contribution in [-0.4, -0.2) is 50.8 Å². The number of amides is 1. The van der Waals surface area contributed by atoms with Crippen LogP contribution >= 0.6 is 0 Å².